The molecule has 7 nitrogen and oxygen atoms in total. The summed E-state index contributed by atoms with van der Waals surface area (Å²) in [4.78, 5) is 19.1. The Morgan fingerprint density at radius 3 is 1.73 bits per heavy atom. The van der Waals surface area contributed by atoms with Crippen molar-refractivity contribution < 1.29 is 19.8 Å². The molecule has 0 radical (unpaired) electrons. The number of nitrogens with one attached hydrogen (secondary N) is 1. The Morgan fingerprint density at radius 2 is 1.53 bits per heavy atom. The second-order valence-electron chi connectivity index (χ2n) is 2.80. The van der Waals surface area contributed by atoms with Crippen LogP contribution >= 0.6 is 0 Å². The van der Waals surface area contributed by atoms with E-state index in [4.69, 9.17) is 16.1 Å². The van der Waals surface area contributed by atoms with Gasteiger partial charge in [-0.05, 0) is 0 Å². The number of hydrazine groups is 1. The molecule has 1 saturated heterocycles. The molecule has 0 spiro atoms. The van der Waals surface area contributed by atoms with Crippen LogP contribution in [0, 0.1) is 0 Å². The maximum absolute atomic E-state index is 9.55. The molecule has 0 unspecified atom stereocenters. The zero-order chi connectivity index (χ0) is 11.7. The quantitative estimate of drug-likeness (QED) is 0.328. The van der Waals surface area contributed by atoms with Crippen LogP contribution in [0.25, 0.3) is 0 Å². The molecule has 15 heavy (non-hydrogen) atoms. The molecule has 1 rings (SSSR count). The second-order valence-corrected chi connectivity index (χ2v) is 2.80. The Morgan fingerprint density at radius 1 is 1.13 bits per heavy atom. The van der Waals surface area contributed by atoms with Crippen molar-refractivity contribution in [3.63, 3.8) is 0 Å². The van der Waals surface area contributed by atoms with Crippen molar-refractivity contribution in [2.45, 2.75) is 0 Å². The van der Waals surface area contributed by atoms with Crippen molar-refractivity contribution in [3.8, 4) is 0 Å². The largest absolute Gasteiger partial charge is 0.478 e. The molecule has 0 atom stereocenters. The van der Waals surface area contributed by atoms with E-state index in [0.29, 0.717) is 12.2 Å². The van der Waals surface area contributed by atoms with Crippen molar-refractivity contribution in [1.82, 2.24) is 10.3 Å². The normalized spacial score (nSPS) is 16.9. The topological polar surface area (TPSA) is 116 Å². The first-order valence-corrected chi connectivity index (χ1v) is 4.36. The van der Waals surface area contributed by atoms with Gasteiger partial charge in [-0.1, -0.05) is 0 Å². The van der Waals surface area contributed by atoms with Crippen LogP contribution < -0.4 is 11.2 Å². The first kappa shape index (κ1) is 13.6. The van der Waals surface area contributed by atoms with Crippen LogP contribution in [0.5, 0.6) is 0 Å². The van der Waals surface area contributed by atoms with Gasteiger partial charge < -0.3 is 15.5 Å². The van der Waals surface area contributed by atoms with Crippen molar-refractivity contribution in [3.05, 3.63) is 12.2 Å². The number of carboxylic acids is 2. The molecule has 5 N–H and O–H groups in total. The Balaban J connectivity index is 0.000000262. The number of aliphatic carboxylic acids is 2. The summed E-state index contributed by atoms with van der Waals surface area (Å²) in [5.74, 6) is 2.91. The lowest BCUT2D eigenvalue weighted by Crippen LogP contribution is -2.47. The van der Waals surface area contributed by atoms with Crippen LogP contribution in [0.2, 0.25) is 0 Å². The van der Waals surface area contributed by atoms with Crippen LogP contribution in [0.3, 0.4) is 0 Å². The zero-order valence-electron chi connectivity index (χ0n) is 8.22. The van der Waals surface area contributed by atoms with Crippen LogP contribution in [0.1, 0.15) is 0 Å². The number of carbonyl (C=O) groups is 2. The first-order chi connectivity index (χ1) is 7.02. The maximum atomic E-state index is 9.55. The summed E-state index contributed by atoms with van der Waals surface area (Å²) in [5, 5.41) is 20.6. The van der Waals surface area contributed by atoms with Crippen molar-refractivity contribution in [2.24, 2.45) is 5.84 Å². The highest BCUT2D eigenvalue weighted by Gasteiger charge is 2.01. The first-order valence-electron chi connectivity index (χ1n) is 4.36. The lowest BCUT2D eigenvalue weighted by atomic mass is 10.4. The Bertz CT molecular complexity index is 220. The fourth-order valence-corrected chi connectivity index (χ4v) is 0.825. The minimum atomic E-state index is -1.26. The highest BCUT2D eigenvalue weighted by Crippen LogP contribution is 1.79. The highest BCUT2D eigenvalue weighted by molar-refractivity contribution is 5.89. The van der Waals surface area contributed by atoms with Gasteiger partial charge in [0.05, 0.1) is 0 Å². The molecule has 86 valence electrons. The third-order valence-electron chi connectivity index (χ3n) is 1.52. The van der Waals surface area contributed by atoms with E-state index in [2.05, 4.69) is 5.32 Å². The van der Waals surface area contributed by atoms with Gasteiger partial charge in [-0.15, -0.1) is 0 Å². The van der Waals surface area contributed by atoms with Gasteiger partial charge in [0.25, 0.3) is 0 Å². The van der Waals surface area contributed by atoms with E-state index in [1.807, 2.05) is 5.01 Å². The van der Waals surface area contributed by atoms with Gasteiger partial charge in [-0.2, -0.15) is 0 Å². The lowest BCUT2D eigenvalue weighted by molar-refractivity contribution is -0.134. The summed E-state index contributed by atoms with van der Waals surface area (Å²) in [6.07, 6.45) is 1.12. The fraction of sp³-hybridized carbons (Fsp3) is 0.500. The number of hydrogen-bond acceptors (Lipinski definition) is 5. The smallest absolute Gasteiger partial charge is 0.328 e. The number of rotatable bonds is 2. The van der Waals surface area contributed by atoms with E-state index in [-0.39, 0.29) is 0 Å². The third kappa shape index (κ3) is 10.5. The molecule has 1 heterocycles. The van der Waals surface area contributed by atoms with E-state index in [1.165, 1.54) is 0 Å². The number of nitrogens with two attached hydrogens (primary N) is 1. The molecule has 1 fully saturated rings. The maximum Gasteiger partial charge on any atom is 0.328 e. The van der Waals surface area contributed by atoms with Gasteiger partial charge in [0.15, 0.2) is 0 Å². The zero-order valence-corrected chi connectivity index (χ0v) is 8.22. The number of piperazine rings is 1. The molecule has 0 aromatic rings. The van der Waals surface area contributed by atoms with Crippen molar-refractivity contribution in [1.29, 1.82) is 0 Å². The average Bonchev–Trinajstić information content (AvgIpc) is 2.17. The number of nitrogens with zero attached hydrogens (tertiary/aromatic N) is 1. The van der Waals surface area contributed by atoms with E-state index in [1.54, 1.807) is 0 Å². The van der Waals surface area contributed by atoms with Crippen molar-refractivity contribution >= 4 is 11.9 Å². The molecule has 1 aliphatic heterocycles. The highest BCUT2D eigenvalue weighted by atomic mass is 16.4. The monoisotopic (exact) mass is 217 g/mol. The minimum absolute atomic E-state index is 0.558. The molecule has 0 saturated carbocycles. The van der Waals surface area contributed by atoms with E-state index in [9.17, 15) is 9.59 Å². The van der Waals surface area contributed by atoms with Crippen molar-refractivity contribution in [2.75, 3.05) is 26.2 Å². The second kappa shape index (κ2) is 7.92. The number of hydrogen-bond donors (Lipinski definition) is 4. The van der Waals surface area contributed by atoms with Crippen LogP contribution in [0.4, 0.5) is 0 Å². The summed E-state index contributed by atoms with van der Waals surface area (Å²) in [7, 11) is 0. The molecule has 0 amide bonds. The predicted molar refractivity (Wildman–Crippen MR) is 53.0 cm³/mol. The van der Waals surface area contributed by atoms with Gasteiger partial charge in [0.1, 0.15) is 0 Å². The summed E-state index contributed by atoms with van der Waals surface area (Å²) < 4.78 is 0. The van der Waals surface area contributed by atoms with Gasteiger partial charge in [-0.25, -0.2) is 14.6 Å². The van der Waals surface area contributed by atoms with Crippen LogP contribution in [-0.4, -0.2) is 53.3 Å². The standard InChI is InChI=1S/C4H11N3.C4H4O4/c5-7-3-1-6-2-4-7;5-3(6)1-2-4(7)8/h6H,1-5H2;1-2H,(H,5,6)(H,7,8)/b;2-1+. The lowest BCUT2D eigenvalue weighted by Gasteiger charge is -2.21. The van der Waals surface area contributed by atoms with Crippen LogP contribution in [-0.2, 0) is 9.59 Å². The van der Waals surface area contributed by atoms with Gasteiger partial charge >= 0.3 is 11.9 Å². The SMILES string of the molecule is NN1CCNCC1.O=C(O)/C=C/C(=O)O. The van der Waals surface area contributed by atoms with Gasteiger partial charge in [0, 0.05) is 38.3 Å². The van der Waals surface area contributed by atoms with Gasteiger partial charge in [0.2, 0.25) is 0 Å². The summed E-state index contributed by atoms with van der Waals surface area (Å²) >= 11 is 0. The van der Waals surface area contributed by atoms with Gasteiger partial charge in [-0.3, -0.25) is 5.84 Å². The molecule has 0 bridgehead atoms. The molecule has 0 aliphatic carbocycles. The summed E-state index contributed by atoms with van der Waals surface area (Å²) in [5.41, 5.74) is 0. The summed E-state index contributed by atoms with van der Waals surface area (Å²) in [6.45, 7) is 4.05. The molecule has 1 aliphatic rings. The Kier molecular flexibility index (Phi) is 7.16. The van der Waals surface area contributed by atoms with E-state index >= 15 is 0 Å². The van der Waals surface area contributed by atoms with E-state index < -0.39 is 11.9 Å². The van der Waals surface area contributed by atoms with E-state index in [0.717, 1.165) is 26.2 Å². The predicted octanol–water partition coefficient (Wildman–Crippen LogP) is -1.52. The fourth-order valence-electron chi connectivity index (χ4n) is 0.825. The molecular formula is C8H15N3O4. The molecule has 7 heteroatoms. The van der Waals surface area contributed by atoms with Crippen LogP contribution in [0.15, 0.2) is 12.2 Å². The number of carboxylic acid groups (broad SMARTS) is 2. The summed E-state index contributed by atoms with van der Waals surface area (Å²) in [6, 6.07) is 0. The molecule has 0 aromatic carbocycles. The average molecular weight is 217 g/mol. The minimum Gasteiger partial charge on any atom is -0.478 e. The Hall–Kier alpha value is -1.44. The Labute approximate surface area is 87.1 Å². The molecular weight excluding hydrogens is 202 g/mol. The molecule has 0 aromatic heterocycles. The third-order valence-corrected chi connectivity index (χ3v) is 1.52.